The van der Waals surface area contributed by atoms with E-state index in [2.05, 4.69) is 4.72 Å². The largest absolute Gasteiger partial charge is 0.389 e. The lowest BCUT2D eigenvalue weighted by Gasteiger charge is -2.23. The Labute approximate surface area is 123 Å². The highest BCUT2D eigenvalue weighted by atomic mass is 35.5. The van der Waals surface area contributed by atoms with Gasteiger partial charge in [-0.15, -0.1) is 0 Å². The highest BCUT2D eigenvalue weighted by Crippen LogP contribution is 2.25. The molecule has 0 aliphatic carbocycles. The Morgan fingerprint density at radius 1 is 1.37 bits per heavy atom. The summed E-state index contributed by atoms with van der Waals surface area (Å²) in [6.45, 7) is 3.42. The summed E-state index contributed by atoms with van der Waals surface area (Å²) in [7, 11) is -3.79. The van der Waals surface area contributed by atoms with Crippen molar-refractivity contribution in [2.45, 2.75) is 37.2 Å². The molecule has 0 heterocycles. The first-order chi connectivity index (χ1) is 8.68. The minimum Gasteiger partial charge on any atom is -0.389 e. The third kappa shape index (κ3) is 4.93. The van der Waals surface area contributed by atoms with Crippen molar-refractivity contribution in [3.63, 3.8) is 0 Å². The Bertz CT molecular complexity index is 544. The van der Waals surface area contributed by atoms with Crippen LogP contribution in [0.25, 0.3) is 0 Å². The first kappa shape index (κ1) is 16.7. The van der Waals surface area contributed by atoms with Crippen LogP contribution in [0.1, 0.15) is 26.7 Å². The van der Waals surface area contributed by atoms with Crippen molar-refractivity contribution in [1.82, 2.24) is 4.72 Å². The first-order valence-electron chi connectivity index (χ1n) is 5.85. The Hall–Kier alpha value is -0.330. The molecule has 1 unspecified atom stereocenters. The molecule has 1 atom stereocenters. The van der Waals surface area contributed by atoms with Crippen LogP contribution in [-0.2, 0) is 10.0 Å². The molecule has 0 bridgehead atoms. The van der Waals surface area contributed by atoms with E-state index in [1.165, 1.54) is 18.2 Å². The molecule has 4 nitrogen and oxygen atoms in total. The zero-order valence-electron chi connectivity index (χ0n) is 10.8. The van der Waals surface area contributed by atoms with E-state index in [1.807, 2.05) is 6.92 Å². The van der Waals surface area contributed by atoms with Crippen molar-refractivity contribution in [2.24, 2.45) is 0 Å². The van der Waals surface area contributed by atoms with Gasteiger partial charge in [0.2, 0.25) is 10.0 Å². The fraction of sp³-hybridized carbons (Fsp3) is 0.500. The van der Waals surface area contributed by atoms with E-state index in [9.17, 15) is 13.5 Å². The molecule has 0 saturated heterocycles. The van der Waals surface area contributed by atoms with Gasteiger partial charge in [0.05, 0.1) is 10.6 Å². The quantitative estimate of drug-likeness (QED) is 0.845. The van der Waals surface area contributed by atoms with E-state index in [0.717, 1.165) is 6.42 Å². The Morgan fingerprint density at radius 3 is 2.58 bits per heavy atom. The summed E-state index contributed by atoms with van der Waals surface area (Å²) in [5.74, 6) is 0. The molecule has 2 N–H and O–H groups in total. The van der Waals surface area contributed by atoms with Crippen LogP contribution in [0, 0.1) is 0 Å². The Kier molecular flexibility index (Phi) is 5.65. The standard InChI is InChI=1S/C12H17Cl2NO3S/c1-3-6-12(2,16)8-15-19(17,18)11-7-9(13)4-5-10(11)14/h4-5,7,15-16H,3,6,8H2,1-2H3. The second kappa shape index (κ2) is 6.41. The summed E-state index contributed by atoms with van der Waals surface area (Å²) in [6.07, 6.45) is 1.26. The van der Waals surface area contributed by atoms with Crippen molar-refractivity contribution in [3.8, 4) is 0 Å². The summed E-state index contributed by atoms with van der Waals surface area (Å²) in [4.78, 5) is -0.0889. The summed E-state index contributed by atoms with van der Waals surface area (Å²) in [5.41, 5.74) is -1.09. The summed E-state index contributed by atoms with van der Waals surface area (Å²) in [6, 6.07) is 4.21. The molecular formula is C12H17Cl2NO3S. The zero-order chi connectivity index (χ0) is 14.7. The van der Waals surface area contributed by atoms with Crippen LogP contribution in [-0.4, -0.2) is 25.7 Å². The fourth-order valence-electron chi connectivity index (χ4n) is 1.64. The van der Waals surface area contributed by atoms with E-state index in [-0.39, 0.29) is 21.5 Å². The van der Waals surface area contributed by atoms with Crippen LogP contribution in [0.2, 0.25) is 10.0 Å². The average molecular weight is 326 g/mol. The van der Waals surface area contributed by atoms with Gasteiger partial charge in [-0.05, 0) is 31.5 Å². The molecule has 19 heavy (non-hydrogen) atoms. The van der Waals surface area contributed by atoms with E-state index >= 15 is 0 Å². The number of rotatable bonds is 6. The SMILES string of the molecule is CCCC(C)(O)CNS(=O)(=O)c1cc(Cl)ccc1Cl. The zero-order valence-corrected chi connectivity index (χ0v) is 13.1. The van der Waals surface area contributed by atoms with Crippen LogP contribution in [0.5, 0.6) is 0 Å². The summed E-state index contributed by atoms with van der Waals surface area (Å²) >= 11 is 11.6. The van der Waals surface area contributed by atoms with Gasteiger partial charge in [0.25, 0.3) is 0 Å². The normalized spacial score (nSPS) is 15.2. The lowest BCUT2D eigenvalue weighted by molar-refractivity contribution is 0.0554. The van der Waals surface area contributed by atoms with Crippen molar-refractivity contribution >= 4 is 33.2 Å². The summed E-state index contributed by atoms with van der Waals surface area (Å²) in [5, 5.41) is 10.3. The van der Waals surface area contributed by atoms with Gasteiger partial charge in [-0.2, -0.15) is 0 Å². The maximum atomic E-state index is 12.1. The lowest BCUT2D eigenvalue weighted by atomic mass is 10.0. The molecule has 0 aliphatic heterocycles. The molecular weight excluding hydrogens is 309 g/mol. The van der Waals surface area contributed by atoms with Crippen LogP contribution in [0.15, 0.2) is 23.1 Å². The van der Waals surface area contributed by atoms with Crippen molar-refractivity contribution in [3.05, 3.63) is 28.2 Å². The third-order valence-electron chi connectivity index (χ3n) is 2.61. The summed E-state index contributed by atoms with van der Waals surface area (Å²) < 4.78 is 26.5. The smallest absolute Gasteiger partial charge is 0.242 e. The predicted molar refractivity (Wildman–Crippen MR) is 77.2 cm³/mol. The maximum absolute atomic E-state index is 12.1. The molecule has 1 rings (SSSR count). The minimum atomic E-state index is -3.79. The van der Waals surface area contributed by atoms with Gasteiger partial charge in [-0.1, -0.05) is 36.5 Å². The number of sulfonamides is 1. The van der Waals surface area contributed by atoms with Crippen LogP contribution in [0.4, 0.5) is 0 Å². The van der Waals surface area contributed by atoms with Crippen molar-refractivity contribution < 1.29 is 13.5 Å². The van der Waals surface area contributed by atoms with E-state index < -0.39 is 15.6 Å². The van der Waals surface area contributed by atoms with Gasteiger partial charge in [-0.3, -0.25) is 0 Å². The molecule has 0 fully saturated rings. The van der Waals surface area contributed by atoms with E-state index in [4.69, 9.17) is 23.2 Å². The predicted octanol–water partition coefficient (Wildman–Crippen LogP) is 2.82. The molecule has 1 aromatic rings. The lowest BCUT2D eigenvalue weighted by Crippen LogP contribution is -2.40. The molecule has 0 amide bonds. The van der Waals surface area contributed by atoms with Crippen LogP contribution < -0.4 is 4.72 Å². The molecule has 0 saturated carbocycles. The van der Waals surface area contributed by atoms with Crippen LogP contribution in [0.3, 0.4) is 0 Å². The monoisotopic (exact) mass is 325 g/mol. The number of benzene rings is 1. The highest BCUT2D eigenvalue weighted by molar-refractivity contribution is 7.89. The molecule has 1 aromatic carbocycles. The average Bonchev–Trinajstić information content (AvgIpc) is 2.30. The van der Waals surface area contributed by atoms with Crippen molar-refractivity contribution in [1.29, 1.82) is 0 Å². The second-order valence-electron chi connectivity index (χ2n) is 4.65. The fourth-order valence-corrected chi connectivity index (χ4v) is 3.56. The Balaban J connectivity index is 2.90. The highest BCUT2D eigenvalue weighted by Gasteiger charge is 2.24. The van der Waals surface area contributed by atoms with E-state index in [0.29, 0.717) is 6.42 Å². The molecule has 7 heteroatoms. The molecule has 0 aliphatic rings. The number of hydrogen-bond acceptors (Lipinski definition) is 3. The molecule has 108 valence electrons. The third-order valence-corrected chi connectivity index (χ3v) is 4.73. The Morgan fingerprint density at radius 2 is 2.00 bits per heavy atom. The number of hydrogen-bond donors (Lipinski definition) is 2. The van der Waals surface area contributed by atoms with Gasteiger partial charge in [0.1, 0.15) is 4.90 Å². The van der Waals surface area contributed by atoms with Gasteiger partial charge in [0, 0.05) is 11.6 Å². The molecule has 0 aromatic heterocycles. The van der Waals surface area contributed by atoms with E-state index in [1.54, 1.807) is 6.92 Å². The first-order valence-corrected chi connectivity index (χ1v) is 8.09. The topological polar surface area (TPSA) is 66.4 Å². The van der Waals surface area contributed by atoms with Gasteiger partial charge in [-0.25, -0.2) is 13.1 Å². The maximum Gasteiger partial charge on any atom is 0.242 e. The number of aliphatic hydroxyl groups is 1. The minimum absolute atomic E-state index is 0.0774. The van der Waals surface area contributed by atoms with Gasteiger partial charge in [0.15, 0.2) is 0 Å². The van der Waals surface area contributed by atoms with Gasteiger partial charge >= 0.3 is 0 Å². The van der Waals surface area contributed by atoms with Crippen LogP contribution >= 0.6 is 23.2 Å². The number of nitrogens with one attached hydrogen (secondary N) is 1. The number of halogens is 2. The van der Waals surface area contributed by atoms with Gasteiger partial charge < -0.3 is 5.11 Å². The molecule has 0 spiro atoms. The second-order valence-corrected chi connectivity index (χ2v) is 7.23. The van der Waals surface area contributed by atoms with Crippen molar-refractivity contribution in [2.75, 3.05) is 6.54 Å². The molecule has 0 radical (unpaired) electrons.